The van der Waals surface area contributed by atoms with Gasteiger partial charge in [-0.05, 0) is 42.7 Å². The van der Waals surface area contributed by atoms with Crippen LogP contribution in [0.4, 0.5) is 4.39 Å². The van der Waals surface area contributed by atoms with Crippen molar-refractivity contribution in [3.05, 3.63) is 58.3 Å². The van der Waals surface area contributed by atoms with Crippen LogP contribution in [0.5, 0.6) is 11.5 Å². The molecule has 0 amide bonds. The molecule has 1 atom stereocenters. The van der Waals surface area contributed by atoms with E-state index in [9.17, 15) is 4.39 Å². The van der Waals surface area contributed by atoms with Gasteiger partial charge in [0.15, 0.2) is 0 Å². The van der Waals surface area contributed by atoms with Crippen LogP contribution >= 0.6 is 15.9 Å². The molecule has 20 heavy (non-hydrogen) atoms. The Balaban J connectivity index is 2.27. The lowest BCUT2D eigenvalue weighted by Gasteiger charge is -2.14. The summed E-state index contributed by atoms with van der Waals surface area (Å²) in [6.07, 6.45) is 1.63. The minimum atomic E-state index is -0.315. The summed E-state index contributed by atoms with van der Waals surface area (Å²) >= 11 is 3.42. The van der Waals surface area contributed by atoms with E-state index in [0.717, 1.165) is 22.9 Å². The predicted octanol–water partition coefficient (Wildman–Crippen LogP) is 4.66. The normalized spacial score (nSPS) is 12.2. The van der Waals surface area contributed by atoms with Crippen molar-refractivity contribution in [3.63, 3.8) is 0 Å². The first kappa shape index (κ1) is 15.0. The maximum atomic E-state index is 13.2. The molecule has 0 saturated heterocycles. The summed E-state index contributed by atoms with van der Waals surface area (Å²) in [5.41, 5.74) is 7.02. The van der Waals surface area contributed by atoms with E-state index in [0.29, 0.717) is 11.5 Å². The summed E-state index contributed by atoms with van der Waals surface area (Å²) < 4.78 is 19.9. The maximum Gasteiger partial charge on any atom is 0.131 e. The summed E-state index contributed by atoms with van der Waals surface area (Å²) in [6, 6.07) is 12.0. The van der Waals surface area contributed by atoms with E-state index in [1.54, 1.807) is 12.1 Å². The van der Waals surface area contributed by atoms with Crippen LogP contribution in [0.15, 0.2) is 46.9 Å². The zero-order valence-corrected chi connectivity index (χ0v) is 12.9. The van der Waals surface area contributed by atoms with Crippen molar-refractivity contribution >= 4 is 15.9 Å². The van der Waals surface area contributed by atoms with Crippen molar-refractivity contribution in [2.45, 2.75) is 25.8 Å². The van der Waals surface area contributed by atoms with Crippen molar-refractivity contribution in [2.75, 3.05) is 0 Å². The summed E-state index contributed by atoms with van der Waals surface area (Å²) in [6.45, 7) is 2.05. The third kappa shape index (κ3) is 4.05. The van der Waals surface area contributed by atoms with E-state index < -0.39 is 0 Å². The standard InChI is InChI=1S/C16H17BrFNO/c1-2-14(19)8-11-6-7-12(17)9-16(11)20-15-5-3-4-13(18)10-15/h3-7,9-10,14H,2,8,19H2,1H3. The van der Waals surface area contributed by atoms with E-state index in [-0.39, 0.29) is 11.9 Å². The minimum Gasteiger partial charge on any atom is -0.457 e. The second kappa shape index (κ2) is 6.86. The molecule has 2 N–H and O–H groups in total. The van der Waals surface area contributed by atoms with Gasteiger partial charge in [0.1, 0.15) is 17.3 Å². The number of rotatable bonds is 5. The highest BCUT2D eigenvalue weighted by atomic mass is 79.9. The number of ether oxygens (including phenoxy) is 1. The molecule has 0 fully saturated rings. The number of hydrogen-bond acceptors (Lipinski definition) is 2. The molecule has 4 heteroatoms. The monoisotopic (exact) mass is 337 g/mol. The zero-order valence-electron chi connectivity index (χ0n) is 11.3. The Bertz CT molecular complexity index is 588. The summed E-state index contributed by atoms with van der Waals surface area (Å²) in [4.78, 5) is 0. The summed E-state index contributed by atoms with van der Waals surface area (Å²) in [7, 11) is 0. The van der Waals surface area contributed by atoms with Gasteiger partial charge >= 0.3 is 0 Å². The molecule has 2 aromatic carbocycles. The van der Waals surface area contributed by atoms with E-state index >= 15 is 0 Å². The first-order chi connectivity index (χ1) is 9.58. The third-order valence-corrected chi connectivity index (χ3v) is 3.55. The van der Waals surface area contributed by atoms with Crippen molar-refractivity contribution in [1.82, 2.24) is 0 Å². The van der Waals surface area contributed by atoms with Crippen LogP contribution < -0.4 is 10.5 Å². The number of benzene rings is 2. The van der Waals surface area contributed by atoms with Gasteiger partial charge in [0.25, 0.3) is 0 Å². The molecular formula is C16H17BrFNO. The van der Waals surface area contributed by atoms with Crippen LogP contribution in [0.2, 0.25) is 0 Å². The van der Waals surface area contributed by atoms with Crippen LogP contribution in [0.25, 0.3) is 0 Å². The molecule has 0 spiro atoms. The lowest BCUT2D eigenvalue weighted by Crippen LogP contribution is -2.21. The molecule has 0 aliphatic rings. The van der Waals surface area contributed by atoms with E-state index in [4.69, 9.17) is 10.5 Å². The fourth-order valence-electron chi connectivity index (χ4n) is 1.88. The quantitative estimate of drug-likeness (QED) is 0.861. The van der Waals surface area contributed by atoms with Crippen molar-refractivity contribution < 1.29 is 9.13 Å². The Morgan fingerprint density at radius 3 is 2.75 bits per heavy atom. The fourth-order valence-corrected chi connectivity index (χ4v) is 2.22. The Hall–Kier alpha value is -1.39. The first-order valence-corrected chi connectivity index (χ1v) is 7.35. The summed E-state index contributed by atoms with van der Waals surface area (Å²) in [5.74, 6) is 0.868. The lowest BCUT2D eigenvalue weighted by molar-refractivity contribution is 0.466. The van der Waals surface area contributed by atoms with Gasteiger partial charge in [-0.1, -0.05) is 35.0 Å². The van der Waals surface area contributed by atoms with Gasteiger partial charge in [0.05, 0.1) is 0 Å². The second-order valence-corrected chi connectivity index (χ2v) is 5.60. The molecule has 2 nitrogen and oxygen atoms in total. The smallest absolute Gasteiger partial charge is 0.131 e. The molecule has 0 aromatic heterocycles. The highest BCUT2D eigenvalue weighted by Crippen LogP contribution is 2.29. The Kier molecular flexibility index (Phi) is 5.15. The molecule has 2 rings (SSSR count). The van der Waals surface area contributed by atoms with Gasteiger partial charge in [-0.2, -0.15) is 0 Å². The average molecular weight is 338 g/mol. The fraction of sp³-hybridized carbons (Fsp3) is 0.250. The average Bonchev–Trinajstić information content (AvgIpc) is 2.41. The molecular weight excluding hydrogens is 321 g/mol. The van der Waals surface area contributed by atoms with Crippen LogP contribution in [-0.2, 0) is 6.42 Å². The van der Waals surface area contributed by atoms with Gasteiger partial charge < -0.3 is 10.5 Å². The van der Waals surface area contributed by atoms with E-state index in [1.807, 2.05) is 18.2 Å². The molecule has 0 saturated carbocycles. The number of halogens is 2. The topological polar surface area (TPSA) is 35.2 Å². The Labute approximate surface area is 126 Å². The molecule has 0 radical (unpaired) electrons. The van der Waals surface area contributed by atoms with Crippen molar-refractivity contribution in [2.24, 2.45) is 5.73 Å². The first-order valence-electron chi connectivity index (χ1n) is 6.56. The van der Waals surface area contributed by atoms with E-state index in [1.165, 1.54) is 12.1 Å². The largest absolute Gasteiger partial charge is 0.457 e. The lowest BCUT2D eigenvalue weighted by atomic mass is 10.0. The predicted molar refractivity (Wildman–Crippen MR) is 82.6 cm³/mol. The minimum absolute atomic E-state index is 0.0889. The van der Waals surface area contributed by atoms with Crippen LogP contribution in [0.1, 0.15) is 18.9 Å². The molecule has 0 heterocycles. The number of hydrogen-bond donors (Lipinski definition) is 1. The Morgan fingerprint density at radius 1 is 1.25 bits per heavy atom. The van der Waals surface area contributed by atoms with E-state index in [2.05, 4.69) is 22.9 Å². The summed E-state index contributed by atoms with van der Waals surface area (Å²) in [5, 5.41) is 0. The third-order valence-electron chi connectivity index (χ3n) is 3.06. The molecule has 0 aliphatic heterocycles. The van der Waals surface area contributed by atoms with Gasteiger partial charge in [-0.3, -0.25) is 0 Å². The van der Waals surface area contributed by atoms with Gasteiger partial charge in [-0.25, -0.2) is 4.39 Å². The molecule has 0 bridgehead atoms. The van der Waals surface area contributed by atoms with Crippen LogP contribution in [-0.4, -0.2) is 6.04 Å². The Morgan fingerprint density at radius 2 is 2.05 bits per heavy atom. The van der Waals surface area contributed by atoms with Crippen LogP contribution in [0.3, 0.4) is 0 Å². The van der Waals surface area contributed by atoms with Crippen LogP contribution in [0, 0.1) is 5.82 Å². The molecule has 1 unspecified atom stereocenters. The van der Waals surface area contributed by atoms with Gasteiger partial charge in [0, 0.05) is 16.6 Å². The van der Waals surface area contributed by atoms with Crippen molar-refractivity contribution in [1.29, 1.82) is 0 Å². The molecule has 106 valence electrons. The van der Waals surface area contributed by atoms with Gasteiger partial charge in [0.2, 0.25) is 0 Å². The van der Waals surface area contributed by atoms with Crippen molar-refractivity contribution in [3.8, 4) is 11.5 Å². The highest BCUT2D eigenvalue weighted by Gasteiger charge is 2.10. The molecule has 0 aliphatic carbocycles. The highest BCUT2D eigenvalue weighted by molar-refractivity contribution is 9.10. The molecule has 2 aromatic rings. The zero-order chi connectivity index (χ0) is 14.5. The van der Waals surface area contributed by atoms with Gasteiger partial charge in [-0.15, -0.1) is 0 Å². The second-order valence-electron chi connectivity index (χ2n) is 4.68. The SMILES string of the molecule is CCC(N)Cc1ccc(Br)cc1Oc1cccc(F)c1. The maximum absolute atomic E-state index is 13.2. The number of nitrogens with two attached hydrogens (primary N) is 1.